The molecule has 2 heterocycles. The van der Waals surface area contributed by atoms with Crippen LogP contribution in [0, 0.1) is 0 Å². The molecule has 0 aliphatic carbocycles. The number of unbranched alkanes of at least 4 members (excludes halogenated alkanes) is 5. The molecule has 2 aliphatic heterocycles. The molecular weight excluding hydrogens is 584 g/mol. The number of hydrogen-bond acceptors (Lipinski definition) is 11. The average molecular weight is 623 g/mol. The molecule has 240 valence electrons. The summed E-state index contributed by atoms with van der Waals surface area (Å²) in [5.41, 5.74) is 0.739. The third-order valence-electron chi connectivity index (χ3n) is 7.96. The number of carbonyl (C=O) groups is 2. The van der Waals surface area contributed by atoms with Crippen LogP contribution in [0.5, 0.6) is 40.2 Å². The van der Waals surface area contributed by atoms with E-state index in [9.17, 15) is 30.0 Å². The quantitative estimate of drug-likeness (QED) is 0.146. The Morgan fingerprint density at radius 2 is 1.51 bits per heavy atom. The van der Waals surface area contributed by atoms with Gasteiger partial charge in [-0.15, -0.1) is 0 Å². The van der Waals surface area contributed by atoms with Gasteiger partial charge in [-0.05, 0) is 36.2 Å². The minimum absolute atomic E-state index is 0.0620. The smallest absolute Gasteiger partial charge is 0.305 e. The van der Waals surface area contributed by atoms with Gasteiger partial charge in [0.25, 0.3) is 0 Å². The van der Waals surface area contributed by atoms with Crippen molar-refractivity contribution in [3.8, 4) is 40.2 Å². The molecule has 11 nitrogen and oxygen atoms in total. The summed E-state index contributed by atoms with van der Waals surface area (Å²) in [7, 11) is 1.43. The largest absolute Gasteiger partial charge is 0.508 e. The van der Waals surface area contributed by atoms with E-state index in [1.165, 1.54) is 25.7 Å². The Labute approximate surface area is 260 Å². The number of esters is 1. The standard InChI is InChI=1S/C34H38O11/c1-3-4-5-6-7-8-9-29(38)42-18-28-33(19-10-12-22(36)25(14-19)41-2)44-26-15-20(11-13-24(26)43-28)34-32(40)31(39)30-23(37)16-21(35)17-27(30)45-34/h10-17,28,32-37,40H,3-9,18H2,1-2H3/t28?,32-,33?,34+/m0/s1. The maximum absolute atomic E-state index is 12.9. The van der Waals surface area contributed by atoms with Crippen LogP contribution >= 0.6 is 0 Å². The third-order valence-corrected chi connectivity index (χ3v) is 7.96. The van der Waals surface area contributed by atoms with Crippen LogP contribution in [0.1, 0.15) is 85.6 Å². The van der Waals surface area contributed by atoms with Crippen molar-refractivity contribution < 1.29 is 53.7 Å². The Kier molecular flexibility index (Phi) is 9.87. The van der Waals surface area contributed by atoms with E-state index < -0.39 is 35.9 Å². The van der Waals surface area contributed by atoms with Gasteiger partial charge in [0, 0.05) is 24.1 Å². The minimum atomic E-state index is -1.65. The van der Waals surface area contributed by atoms with Crippen LogP contribution in [-0.2, 0) is 9.53 Å². The summed E-state index contributed by atoms with van der Waals surface area (Å²) in [6, 6.07) is 11.7. The SMILES string of the molecule is CCCCCCCCC(=O)OCC1Oc2ccc([C@H]3Oc4cc(O)cc(O)c4C(=O)[C@@H]3O)cc2OC1c1ccc(O)c(OC)c1. The van der Waals surface area contributed by atoms with Crippen molar-refractivity contribution in [3.63, 3.8) is 0 Å². The maximum atomic E-state index is 12.9. The number of ketones is 1. The second kappa shape index (κ2) is 14.0. The Balaban J connectivity index is 1.36. The van der Waals surface area contributed by atoms with Gasteiger partial charge in [-0.25, -0.2) is 0 Å². The van der Waals surface area contributed by atoms with Gasteiger partial charge in [0.05, 0.1) is 7.11 Å². The number of phenolic OH excluding ortho intramolecular Hbond substituents is 3. The molecule has 3 aromatic carbocycles. The van der Waals surface area contributed by atoms with E-state index >= 15 is 0 Å². The van der Waals surface area contributed by atoms with Gasteiger partial charge in [0.15, 0.2) is 47.4 Å². The number of methoxy groups -OCH3 is 1. The molecule has 45 heavy (non-hydrogen) atoms. The summed E-state index contributed by atoms with van der Waals surface area (Å²) in [4.78, 5) is 25.5. The van der Waals surface area contributed by atoms with Crippen LogP contribution < -0.4 is 18.9 Å². The number of aliphatic hydroxyl groups excluding tert-OH is 1. The number of rotatable bonds is 12. The van der Waals surface area contributed by atoms with Gasteiger partial charge < -0.3 is 44.1 Å². The number of carbonyl (C=O) groups excluding carboxylic acids is 2. The number of fused-ring (bicyclic) bond motifs is 2. The fraction of sp³-hybridized carbons (Fsp3) is 0.412. The predicted molar refractivity (Wildman–Crippen MR) is 161 cm³/mol. The minimum Gasteiger partial charge on any atom is -0.508 e. The van der Waals surface area contributed by atoms with Crippen molar-refractivity contribution in [2.45, 2.75) is 76.3 Å². The lowest BCUT2D eigenvalue weighted by Crippen LogP contribution is -2.38. The number of phenols is 3. The molecule has 0 radical (unpaired) electrons. The lowest BCUT2D eigenvalue weighted by molar-refractivity contribution is -0.148. The van der Waals surface area contributed by atoms with E-state index in [2.05, 4.69) is 6.92 Å². The number of aromatic hydroxyl groups is 3. The highest BCUT2D eigenvalue weighted by atomic mass is 16.6. The van der Waals surface area contributed by atoms with E-state index in [-0.39, 0.29) is 46.9 Å². The molecular formula is C34H38O11. The summed E-state index contributed by atoms with van der Waals surface area (Å²) >= 11 is 0. The van der Waals surface area contributed by atoms with E-state index in [1.54, 1.807) is 30.3 Å². The van der Waals surface area contributed by atoms with Crippen LogP contribution in [0.4, 0.5) is 0 Å². The molecule has 0 aromatic heterocycles. The summed E-state index contributed by atoms with van der Waals surface area (Å²) in [5, 5.41) is 41.0. The van der Waals surface area contributed by atoms with E-state index in [1.807, 2.05) is 0 Å². The third kappa shape index (κ3) is 7.04. The molecule has 0 saturated carbocycles. The number of Topliss-reactive ketones (excluding diaryl/α,β-unsaturated/α-hetero) is 1. The molecule has 2 unspecified atom stereocenters. The van der Waals surface area contributed by atoms with Gasteiger partial charge in [-0.1, -0.05) is 51.2 Å². The molecule has 5 rings (SSSR count). The normalized spacial score (nSPS) is 20.2. The Bertz CT molecular complexity index is 1530. The summed E-state index contributed by atoms with van der Waals surface area (Å²) < 4.78 is 29.4. The van der Waals surface area contributed by atoms with Crippen molar-refractivity contribution in [2.75, 3.05) is 13.7 Å². The fourth-order valence-corrected chi connectivity index (χ4v) is 5.57. The van der Waals surface area contributed by atoms with Crippen LogP contribution in [0.3, 0.4) is 0 Å². The first-order valence-electron chi connectivity index (χ1n) is 15.1. The van der Waals surface area contributed by atoms with Gasteiger partial charge in [0.2, 0.25) is 5.78 Å². The van der Waals surface area contributed by atoms with Crippen LogP contribution in [-0.4, -0.2) is 58.1 Å². The average Bonchev–Trinajstić information content (AvgIpc) is 3.02. The number of hydrogen-bond donors (Lipinski definition) is 4. The van der Waals surface area contributed by atoms with Crippen LogP contribution in [0.2, 0.25) is 0 Å². The molecule has 3 aromatic rings. The van der Waals surface area contributed by atoms with Gasteiger partial charge >= 0.3 is 5.97 Å². The molecule has 0 fully saturated rings. The lowest BCUT2D eigenvalue weighted by atomic mass is 9.92. The fourth-order valence-electron chi connectivity index (χ4n) is 5.57. The monoisotopic (exact) mass is 622 g/mol. The number of aliphatic hydroxyl groups is 1. The molecule has 2 aliphatic rings. The summed E-state index contributed by atoms with van der Waals surface area (Å²) in [5.74, 6) is -1.20. The van der Waals surface area contributed by atoms with Crippen molar-refractivity contribution in [3.05, 3.63) is 65.2 Å². The lowest BCUT2D eigenvalue weighted by Gasteiger charge is -2.35. The highest BCUT2D eigenvalue weighted by molar-refractivity contribution is 6.05. The molecule has 0 bridgehead atoms. The maximum Gasteiger partial charge on any atom is 0.305 e. The topological polar surface area (TPSA) is 161 Å². The number of ether oxygens (including phenoxy) is 5. The van der Waals surface area contributed by atoms with Crippen LogP contribution in [0.25, 0.3) is 0 Å². The zero-order valence-electron chi connectivity index (χ0n) is 25.2. The van der Waals surface area contributed by atoms with Gasteiger partial charge in [0.1, 0.15) is 29.4 Å². The zero-order valence-corrected chi connectivity index (χ0v) is 25.2. The second-order valence-electron chi connectivity index (χ2n) is 11.2. The van der Waals surface area contributed by atoms with Crippen molar-refractivity contribution in [1.82, 2.24) is 0 Å². The summed E-state index contributed by atoms with van der Waals surface area (Å²) in [6.07, 6.45) is 2.23. The van der Waals surface area contributed by atoms with E-state index in [0.29, 0.717) is 23.3 Å². The highest BCUT2D eigenvalue weighted by Gasteiger charge is 2.41. The van der Waals surface area contributed by atoms with E-state index in [4.69, 9.17) is 23.7 Å². The zero-order chi connectivity index (χ0) is 32.1. The van der Waals surface area contributed by atoms with Crippen molar-refractivity contribution >= 4 is 11.8 Å². The molecule has 0 saturated heterocycles. The Hall–Kier alpha value is -4.64. The Morgan fingerprint density at radius 3 is 2.29 bits per heavy atom. The van der Waals surface area contributed by atoms with Gasteiger partial charge in [-0.3, -0.25) is 9.59 Å². The first-order chi connectivity index (χ1) is 21.7. The van der Waals surface area contributed by atoms with E-state index in [0.717, 1.165) is 38.2 Å². The molecule has 11 heteroatoms. The molecule has 0 amide bonds. The molecule has 4 atom stereocenters. The van der Waals surface area contributed by atoms with Crippen LogP contribution in [0.15, 0.2) is 48.5 Å². The summed E-state index contributed by atoms with van der Waals surface area (Å²) in [6.45, 7) is 2.07. The molecule has 0 spiro atoms. The second-order valence-corrected chi connectivity index (χ2v) is 11.2. The van der Waals surface area contributed by atoms with Crippen molar-refractivity contribution in [1.29, 1.82) is 0 Å². The molecule has 4 N–H and O–H groups in total. The Morgan fingerprint density at radius 1 is 0.800 bits per heavy atom. The highest BCUT2D eigenvalue weighted by Crippen LogP contribution is 2.46. The van der Waals surface area contributed by atoms with Crippen molar-refractivity contribution in [2.24, 2.45) is 0 Å². The number of benzene rings is 3. The van der Waals surface area contributed by atoms with Gasteiger partial charge in [-0.2, -0.15) is 0 Å². The first kappa shape index (κ1) is 31.8. The first-order valence-corrected chi connectivity index (χ1v) is 15.1. The predicted octanol–water partition coefficient (Wildman–Crippen LogP) is 5.66.